The summed E-state index contributed by atoms with van der Waals surface area (Å²) in [6, 6.07) is 4.34. The molecule has 0 bridgehead atoms. The average molecular weight is 174 g/mol. The van der Waals surface area contributed by atoms with Crippen LogP contribution in [0.2, 0.25) is 0 Å². The molecular weight excluding hydrogens is 160 g/mol. The first-order valence-corrected chi connectivity index (χ1v) is 4.62. The summed E-state index contributed by atoms with van der Waals surface area (Å²) in [5.74, 6) is 0.537. The fraction of sp³-hybridized carbons (Fsp3) is 0.364. The molecule has 0 saturated heterocycles. The molecule has 0 saturated carbocycles. The number of H-pyrrole nitrogens is 1. The van der Waals surface area contributed by atoms with Crippen molar-refractivity contribution in [2.45, 2.75) is 26.7 Å². The minimum absolute atomic E-state index is 0.537. The number of hydrogen-bond acceptors (Lipinski definition) is 1. The molecule has 0 aliphatic heterocycles. The quantitative estimate of drug-likeness (QED) is 0.707. The maximum absolute atomic E-state index is 4.33. The SMILES string of the molecule is Cc1cnc2[nH]c(C(C)C)cc2c1. The third kappa shape index (κ3) is 1.44. The zero-order valence-corrected chi connectivity index (χ0v) is 8.26. The van der Waals surface area contributed by atoms with Crippen molar-refractivity contribution in [1.29, 1.82) is 0 Å². The topological polar surface area (TPSA) is 28.7 Å². The molecule has 2 heterocycles. The molecule has 0 aliphatic carbocycles. The molecule has 2 heteroatoms. The minimum Gasteiger partial charge on any atom is -0.343 e. The minimum atomic E-state index is 0.537. The van der Waals surface area contributed by atoms with Gasteiger partial charge in [-0.25, -0.2) is 4.98 Å². The van der Waals surface area contributed by atoms with Crippen LogP contribution in [0.4, 0.5) is 0 Å². The van der Waals surface area contributed by atoms with Gasteiger partial charge < -0.3 is 4.98 Å². The van der Waals surface area contributed by atoms with Crippen LogP contribution >= 0.6 is 0 Å². The Kier molecular flexibility index (Phi) is 1.83. The second-order valence-corrected chi connectivity index (χ2v) is 3.83. The van der Waals surface area contributed by atoms with Crippen molar-refractivity contribution in [3.63, 3.8) is 0 Å². The first-order valence-electron chi connectivity index (χ1n) is 4.62. The summed E-state index contributed by atoms with van der Waals surface area (Å²) in [7, 11) is 0. The fourth-order valence-electron chi connectivity index (χ4n) is 1.46. The molecule has 0 spiro atoms. The molecule has 0 radical (unpaired) electrons. The first kappa shape index (κ1) is 8.30. The van der Waals surface area contributed by atoms with Gasteiger partial charge in [0.15, 0.2) is 0 Å². The molecule has 2 rings (SSSR count). The zero-order valence-electron chi connectivity index (χ0n) is 8.26. The molecule has 2 aromatic heterocycles. The zero-order chi connectivity index (χ0) is 9.42. The van der Waals surface area contributed by atoms with Crippen molar-refractivity contribution in [2.24, 2.45) is 0 Å². The Morgan fingerprint density at radius 2 is 2.08 bits per heavy atom. The van der Waals surface area contributed by atoms with Gasteiger partial charge in [0.25, 0.3) is 0 Å². The van der Waals surface area contributed by atoms with E-state index in [1.807, 2.05) is 6.20 Å². The number of nitrogens with one attached hydrogen (secondary N) is 1. The number of nitrogens with zero attached hydrogens (tertiary/aromatic N) is 1. The second-order valence-electron chi connectivity index (χ2n) is 3.83. The molecule has 1 N–H and O–H groups in total. The highest BCUT2D eigenvalue weighted by atomic mass is 14.9. The van der Waals surface area contributed by atoms with Crippen LogP contribution in [-0.4, -0.2) is 9.97 Å². The van der Waals surface area contributed by atoms with E-state index in [2.05, 4.69) is 42.9 Å². The highest BCUT2D eigenvalue weighted by Crippen LogP contribution is 2.19. The lowest BCUT2D eigenvalue weighted by atomic mass is 10.1. The van der Waals surface area contributed by atoms with Gasteiger partial charge in [0, 0.05) is 17.3 Å². The van der Waals surface area contributed by atoms with E-state index in [1.54, 1.807) is 0 Å². The highest BCUT2D eigenvalue weighted by molar-refractivity contribution is 5.77. The molecule has 13 heavy (non-hydrogen) atoms. The van der Waals surface area contributed by atoms with E-state index in [0.29, 0.717) is 5.92 Å². The van der Waals surface area contributed by atoms with Gasteiger partial charge in [-0.15, -0.1) is 0 Å². The molecule has 0 aromatic carbocycles. The number of rotatable bonds is 1. The third-order valence-corrected chi connectivity index (χ3v) is 2.25. The van der Waals surface area contributed by atoms with Crippen LogP contribution in [0.5, 0.6) is 0 Å². The maximum atomic E-state index is 4.33. The van der Waals surface area contributed by atoms with Crippen molar-refractivity contribution >= 4 is 11.0 Å². The van der Waals surface area contributed by atoms with Crippen molar-refractivity contribution in [1.82, 2.24) is 9.97 Å². The van der Waals surface area contributed by atoms with Gasteiger partial charge in [0.2, 0.25) is 0 Å². The Bertz CT molecular complexity index is 427. The van der Waals surface area contributed by atoms with Gasteiger partial charge in [-0.2, -0.15) is 0 Å². The Morgan fingerprint density at radius 3 is 2.77 bits per heavy atom. The summed E-state index contributed by atoms with van der Waals surface area (Å²) >= 11 is 0. The summed E-state index contributed by atoms with van der Waals surface area (Å²) < 4.78 is 0. The maximum Gasteiger partial charge on any atom is 0.137 e. The Balaban J connectivity index is 2.62. The second kappa shape index (κ2) is 2.87. The number of pyridine rings is 1. The average Bonchev–Trinajstić information content (AvgIpc) is 2.46. The van der Waals surface area contributed by atoms with E-state index in [1.165, 1.54) is 16.6 Å². The van der Waals surface area contributed by atoms with Crippen LogP contribution in [-0.2, 0) is 0 Å². The predicted molar refractivity (Wildman–Crippen MR) is 54.9 cm³/mol. The largest absolute Gasteiger partial charge is 0.343 e. The van der Waals surface area contributed by atoms with E-state index in [-0.39, 0.29) is 0 Å². The first-order chi connectivity index (χ1) is 6.16. The summed E-state index contributed by atoms with van der Waals surface area (Å²) in [6.07, 6.45) is 1.89. The van der Waals surface area contributed by atoms with Gasteiger partial charge in [-0.05, 0) is 30.5 Å². The van der Waals surface area contributed by atoms with E-state index in [9.17, 15) is 0 Å². The Hall–Kier alpha value is -1.31. The molecule has 0 unspecified atom stereocenters. The van der Waals surface area contributed by atoms with E-state index in [4.69, 9.17) is 0 Å². The van der Waals surface area contributed by atoms with Crippen LogP contribution in [0.15, 0.2) is 18.3 Å². The number of hydrogen-bond donors (Lipinski definition) is 1. The molecule has 68 valence electrons. The normalized spacial score (nSPS) is 11.4. The van der Waals surface area contributed by atoms with Crippen LogP contribution in [0, 0.1) is 6.92 Å². The standard InChI is InChI=1S/C11H14N2/c1-7(2)10-5-9-4-8(3)6-12-11(9)13-10/h4-7H,1-3H3,(H,12,13). The van der Waals surface area contributed by atoms with E-state index < -0.39 is 0 Å². The summed E-state index contributed by atoms with van der Waals surface area (Å²) in [5.41, 5.74) is 3.46. The van der Waals surface area contributed by atoms with Crippen LogP contribution in [0.3, 0.4) is 0 Å². The molecular formula is C11H14N2. The van der Waals surface area contributed by atoms with Gasteiger partial charge >= 0.3 is 0 Å². The number of aryl methyl sites for hydroxylation is 1. The summed E-state index contributed by atoms with van der Waals surface area (Å²) in [5, 5.41) is 1.21. The van der Waals surface area contributed by atoms with Crippen molar-refractivity contribution in [3.8, 4) is 0 Å². The number of aromatic amines is 1. The molecule has 0 fully saturated rings. The van der Waals surface area contributed by atoms with Crippen molar-refractivity contribution in [3.05, 3.63) is 29.6 Å². The van der Waals surface area contributed by atoms with Crippen molar-refractivity contribution < 1.29 is 0 Å². The van der Waals surface area contributed by atoms with Crippen LogP contribution in [0.1, 0.15) is 31.0 Å². The molecule has 0 aliphatic rings. The van der Waals surface area contributed by atoms with Crippen LogP contribution in [0.25, 0.3) is 11.0 Å². The van der Waals surface area contributed by atoms with Gasteiger partial charge in [-0.1, -0.05) is 13.8 Å². The lowest BCUT2D eigenvalue weighted by molar-refractivity contribution is 0.835. The fourth-order valence-corrected chi connectivity index (χ4v) is 1.46. The monoisotopic (exact) mass is 174 g/mol. The number of aromatic nitrogens is 2. The molecule has 2 nitrogen and oxygen atoms in total. The molecule has 0 amide bonds. The Labute approximate surface area is 78.0 Å². The van der Waals surface area contributed by atoms with E-state index in [0.717, 1.165) is 5.65 Å². The predicted octanol–water partition coefficient (Wildman–Crippen LogP) is 2.99. The lowest BCUT2D eigenvalue weighted by Crippen LogP contribution is -1.85. The highest BCUT2D eigenvalue weighted by Gasteiger charge is 2.04. The third-order valence-electron chi connectivity index (χ3n) is 2.25. The smallest absolute Gasteiger partial charge is 0.137 e. The van der Waals surface area contributed by atoms with Crippen LogP contribution < -0.4 is 0 Å². The lowest BCUT2D eigenvalue weighted by Gasteiger charge is -1.97. The summed E-state index contributed by atoms with van der Waals surface area (Å²) in [4.78, 5) is 7.64. The van der Waals surface area contributed by atoms with E-state index >= 15 is 0 Å². The molecule has 0 atom stereocenters. The molecule has 2 aromatic rings. The Morgan fingerprint density at radius 1 is 1.31 bits per heavy atom. The number of fused-ring (bicyclic) bond motifs is 1. The van der Waals surface area contributed by atoms with Gasteiger partial charge in [0.05, 0.1) is 0 Å². The van der Waals surface area contributed by atoms with Gasteiger partial charge in [0.1, 0.15) is 5.65 Å². The summed E-state index contributed by atoms with van der Waals surface area (Å²) in [6.45, 7) is 6.42. The van der Waals surface area contributed by atoms with Gasteiger partial charge in [-0.3, -0.25) is 0 Å². The van der Waals surface area contributed by atoms with Crippen molar-refractivity contribution in [2.75, 3.05) is 0 Å².